The fraction of sp³-hybridized carbons (Fsp3) is 0.500. The van der Waals surface area contributed by atoms with Crippen molar-refractivity contribution in [2.75, 3.05) is 0 Å². The zero-order valence-corrected chi connectivity index (χ0v) is 13.0. The molecule has 0 N–H and O–H groups in total. The van der Waals surface area contributed by atoms with Gasteiger partial charge in [0.2, 0.25) is 0 Å². The normalized spacial score (nSPS) is 28.3. The van der Waals surface area contributed by atoms with Crippen molar-refractivity contribution in [2.24, 2.45) is 17.8 Å². The van der Waals surface area contributed by atoms with E-state index in [1.165, 1.54) is 0 Å². The summed E-state index contributed by atoms with van der Waals surface area (Å²) in [5, 5.41) is 0.609. The van der Waals surface area contributed by atoms with Crippen molar-refractivity contribution in [3.8, 4) is 5.75 Å². The molecule has 0 spiro atoms. The molecule has 2 bridgehead atoms. The minimum Gasteiger partial charge on any atom is -0.425 e. The summed E-state index contributed by atoms with van der Waals surface area (Å²) in [5.74, 6) is 0.175. The van der Waals surface area contributed by atoms with Gasteiger partial charge in [-0.05, 0) is 37.8 Å². The molecule has 0 aromatic heterocycles. The number of Topliss-reactive ketones (excluding diaryl/α,β-unsaturated/α-hetero) is 1. The molecule has 0 amide bonds. The molecule has 0 aliphatic heterocycles. The first kappa shape index (κ1) is 14.9. The number of carbonyl (C=O) groups excluding carboxylic acids is 2. The standard InChI is InChI=1S/C16H16Cl2O3/c17-12-5-2-6-13(14(12)18)21-16(20)11-7-9-3-1-4-10(8-11)15(9)19/h2,5-6,9-11H,1,3-4,7-8H2/t9-,10-/m1/s1. The van der Waals surface area contributed by atoms with Crippen molar-refractivity contribution in [1.29, 1.82) is 0 Å². The molecule has 1 aromatic carbocycles. The van der Waals surface area contributed by atoms with Gasteiger partial charge in [-0.25, -0.2) is 0 Å². The molecule has 3 rings (SSSR count). The number of ketones is 1. The largest absolute Gasteiger partial charge is 0.425 e. The molecule has 0 radical (unpaired) electrons. The van der Waals surface area contributed by atoms with E-state index >= 15 is 0 Å². The van der Waals surface area contributed by atoms with Gasteiger partial charge < -0.3 is 4.74 Å². The molecule has 2 fully saturated rings. The van der Waals surface area contributed by atoms with Gasteiger partial charge in [0.05, 0.1) is 10.9 Å². The Kier molecular flexibility index (Phi) is 4.23. The number of hydrogen-bond acceptors (Lipinski definition) is 3. The van der Waals surface area contributed by atoms with Crippen molar-refractivity contribution in [1.82, 2.24) is 0 Å². The Labute approximate surface area is 133 Å². The maximum Gasteiger partial charge on any atom is 0.314 e. The Morgan fingerprint density at radius 1 is 1.14 bits per heavy atom. The van der Waals surface area contributed by atoms with E-state index in [1.807, 2.05) is 0 Å². The van der Waals surface area contributed by atoms with Crippen LogP contribution in [0.15, 0.2) is 18.2 Å². The van der Waals surface area contributed by atoms with Gasteiger partial charge in [0, 0.05) is 11.8 Å². The van der Waals surface area contributed by atoms with Crippen molar-refractivity contribution in [3.63, 3.8) is 0 Å². The molecule has 112 valence electrons. The third kappa shape index (κ3) is 2.95. The van der Waals surface area contributed by atoms with E-state index in [0.29, 0.717) is 23.6 Å². The van der Waals surface area contributed by atoms with E-state index in [4.69, 9.17) is 27.9 Å². The average Bonchev–Trinajstić information content (AvgIpc) is 2.43. The van der Waals surface area contributed by atoms with E-state index in [0.717, 1.165) is 19.3 Å². The van der Waals surface area contributed by atoms with Crippen LogP contribution in [-0.4, -0.2) is 11.8 Å². The summed E-state index contributed by atoms with van der Waals surface area (Å²) >= 11 is 11.9. The molecular formula is C16H16Cl2O3. The molecule has 0 saturated heterocycles. The van der Waals surface area contributed by atoms with Crippen molar-refractivity contribution < 1.29 is 14.3 Å². The van der Waals surface area contributed by atoms with Crippen LogP contribution >= 0.6 is 23.2 Å². The second-order valence-electron chi connectivity index (χ2n) is 5.87. The summed E-state index contributed by atoms with van der Waals surface area (Å²) in [6.45, 7) is 0. The van der Waals surface area contributed by atoms with E-state index in [-0.39, 0.29) is 34.5 Å². The number of hydrogen-bond donors (Lipinski definition) is 0. The minimum absolute atomic E-state index is 0.0323. The molecular weight excluding hydrogens is 311 g/mol. The van der Waals surface area contributed by atoms with Crippen LogP contribution in [0.2, 0.25) is 10.0 Å². The van der Waals surface area contributed by atoms with Crippen LogP contribution < -0.4 is 4.74 Å². The highest BCUT2D eigenvalue weighted by Crippen LogP contribution is 2.41. The highest BCUT2D eigenvalue weighted by atomic mass is 35.5. The first-order valence-corrected chi connectivity index (χ1v) is 8.01. The minimum atomic E-state index is -0.302. The smallest absolute Gasteiger partial charge is 0.314 e. The Bertz CT molecular complexity index is 569. The molecule has 2 aliphatic carbocycles. The summed E-state index contributed by atoms with van der Waals surface area (Å²) in [5.41, 5.74) is 0. The Morgan fingerprint density at radius 2 is 1.81 bits per heavy atom. The fourth-order valence-electron chi connectivity index (χ4n) is 3.43. The molecule has 1 aromatic rings. The number of ether oxygens (including phenoxy) is 1. The molecule has 0 unspecified atom stereocenters. The van der Waals surface area contributed by atoms with Crippen LogP contribution in [0.3, 0.4) is 0 Å². The number of rotatable bonds is 2. The SMILES string of the molecule is O=C(Oc1cccc(Cl)c1Cl)C1C[C@H]2CCC[C@H](C1)C2=O. The molecule has 2 saturated carbocycles. The maximum atomic E-state index is 12.3. The average molecular weight is 327 g/mol. The lowest BCUT2D eigenvalue weighted by Gasteiger charge is -2.36. The third-order valence-electron chi connectivity index (χ3n) is 4.51. The Balaban J connectivity index is 1.71. The van der Waals surface area contributed by atoms with Crippen LogP contribution in [0.25, 0.3) is 0 Å². The van der Waals surface area contributed by atoms with Gasteiger partial charge in [-0.2, -0.15) is 0 Å². The lowest BCUT2D eigenvalue weighted by Crippen LogP contribution is -2.40. The highest BCUT2D eigenvalue weighted by molar-refractivity contribution is 6.43. The molecule has 5 heteroatoms. The molecule has 0 heterocycles. The highest BCUT2D eigenvalue weighted by Gasteiger charge is 2.42. The number of benzene rings is 1. The predicted octanol–water partition coefficient (Wildman–Crippen LogP) is 4.29. The van der Waals surface area contributed by atoms with E-state index < -0.39 is 0 Å². The van der Waals surface area contributed by atoms with Gasteiger partial charge >= 0.3 is 5.97 Å². The monoisotopic (exact) mass is 326 g/mol. The molecule has 2 aliphatic rings. The number of esters is 1. The summed E-state index contributed by atoms with van der Waals surface area (Å²) in [6.07, 6.45) is 4.09. The number of halogens is 2. The second kappa shape index (κ2) is 5.98. The Hall–Kier alpha value is -1.06. The summed E-state index contributed by atoms with van der Waals surface area (Å²) in [7, 11) is 0. The third-order valence-corrected chi connectivity index (χ3v) is 5.31. The molecule has 21 heavy (non-hydrogen) atoms. The van der Waals surface area contributed by atoms with E-state index in [1.54, 1.807) is 18.2 Å². The summed E-state index contributed by atoms with van der Waals surface area (Å²) in [4.78, 5) is 24.4. The zero-order chi connectivity index (χ0) is 15.0. The number of carbonyl (C=O) groups is 2. The van der Waals surface area contributed by atoms with Gasteiger partial charge in [-0.15, -0.1) is 0 Å². The van der Waals surface area contributed by atoms with Gasteiger partial charge in [-0.3, -0.25) is 9.59 Å². The van der Waals surface area contributed by atoms with Crippen LogP contribution in [-0.2, 0) is 9.59 Å². The van der Waals surface area contributed by atoms with E-state index in [9.17, 15) is 9.59 Å². The van der Waals surface area contributed by atoms with Gasteiger partial charge in [-0.1, -0.05) is 35.7 Å². The first-order chi connectivity index (χ1) is 10.1. The van der Waals surface area contributed by atoms with Crippen LogP contribution in [0.1, 0.15) is 32.1 Å². The fourth-order valence-corrected chi connectivity index (χ4v) is 3.76. The van der Waals surface area contributed by atoms with Gasteiger partial charge in [0.15, 0.2) is 5.75 Å². The van der Waals surface area contributed by atoms with Crippen molar-refractivity contribution in [3.05, 3.63) is 28.2 Å². The molecule has 3 nitrogen and oxygen atoms in total. The zero-order valence-electron chi connectivity index (χ0n) is 11.5. The lowest BCUT2D eigenvalue weighted by atomic mass is 9.67. The molecule has 2 atom stereocenters. The first-order valence-electron chi connectivity index (χ1n) is 7.25. The van der Waals surface area contributed by atoms with Crippen molar-refractivity contribution >= 4 is 35.0 Å². The topological polar surface area (TPSA) is 43.4 Å². The van der Waals surface area contributed by atoms with Crippen LogP contribution in [0, 0.1) is 17.8 Å². The predicted molar refractivity (Wildman–Crippen MR) is 80.7 cm³/mol. The van der Waals surface area contributed by atoms with Crippen molar-refractivity contribution in [2.45, 2.75) is 32.1 Å². The van der Waals surface area contributed by atoms with Crippen LogP contribution in [0.4, 0.5) is 0 Å². The van der Waals surface area contributed by atoms with Crippen LogP contribution in [0.5, 0.6) is 5.75 Å². The number of fused-ring (bicyclic) bond motifs is 2. The summed E-state index contributed by atoms with van der Waals surface area (Å²) < 4.78 is 5.40. The maximum absolute atomic E-state index is 12.3. The quantitative estimate of drug-likeness (QED) is 0.601. The van der Waals surface area contributed by atoms with Gasteiger partial charge in [0.25, 0.3) is 0 Å². The summed E-state index contributed by atoms with van der Waals surface area (Å²) in [6, 6.07) is 4.96. The lowest BCUT2D eigenvalue weighted by molar-refractivity contribution is -0.145. The second-order valence-corrected chi connectivity index (χ2v) is 6.65. The Morgan fingerprint density at radius 3 is 2.48 bits per heavy atom. The van der Waals surface area contributed by atoms with E-state index in [2.05, 4.69) is 0 Å². The van der Waals surface area contributed by atoms with Gasteiger partial charge in [0.1, 0.15) is 10.8 Å².